The smallest absolute Gasteiger partial charge is 0.223 e. The predicted octanol–water partition coefficient (Wildman–Crippen LogP) is 2.84. The van der Waals surface area contributed by atoms with Crippen LogP contribution in [0.2, 0.25) is 0 Å². The summed E-state index contributed by atoms with van der Waals surface area (Å²) in [6.45, 7) is 1.66. The van der Waals surface area contributed by atoms with E-state index in [-0.39, 0.29) is 17.1 Å². The first-order valence-corrected chi connectivity index (χ1v) is 7.91. The molecule has 3 nitrogen and oxygen atoms in total. The SMILES string of the molecule is NCC1(c2ccccc2)CCN(Cc2ccc(F)cc2)C(=O)C1. The molecule has 1 aliphatic heterocycles. The summed E-state index contributed by atoms with van der Waals surface area (Å²) in [4.78, 5) is 14.4. The van der Waals surface area contributed by atoms with Gasteiger partial charge in [-0.3, -0.25) is 4.79 Å². The molecule has 4 heteroatoms. The van der Waals surface area contributed by atoms with Crippen LogP contribution in [-0.2, 0) is 16.8 Å². The molecule has 1 heterocycles. The van der Waals surface area contributed by atoms with E-state index in [1.54, 1.807) is 12.1 Å². The number of nitrogens with zero attached hydrogens (tertiary/aromatic N) is 1. The molecular formula is C19H21FN2O. The molecule has 1 saturated heterocycles. The summed E-state index contributed by atoms with van der Waals surface area (Å²) in [5, 5.41) is 0. The summed E-state index contributed by atoms with van der Waals surface area (Å²) in [6, 6.07) is 16.4. The molecule has 0 radical (unpaired) electrons. The first kappa shape index (κ1) is 15.7. The molecule has 2 aromatic carbocycles. The minimum absolute atomic E-state index is 0.106. The standard InChI is InChI=1S/C19H21FN2O/c20-17-8-6-15(7-9-17)13-22-11-10-19(14-21,12-18(22)23)16-4-2-1-3-5-16/h1-9H,10-14,21H2. The number of amides is 1. The average molecular weight is 312 g/mol. The quantitative estimate of drug-likeness (QED) is 0.943. The maximum absolute atomic E-state index is 13.0. The van der Waals surface area contributed by atoms with E-state index in [2.05, 4.69) is 12.1 Å². The van der Waals surface area contributed by atoms with E-state index in [1.165, 1.54) is 12.1 Å². The highest BCUT2D eigenvalue weighted by Crippen LogP contribution is 2.35. The number of carbonyl (C=O) groups is 1. The average Bonchev–Trinajstić information content (AvgIpc) is 2.59. The van der Waals surface area contributed by atoms with E-state index < -0.39 is 0 Å². The number of piperidine rings is 1. The molecule has 0 saturated carbocycles. The Bertz CT molecular complexity index is 672. The van der Waals surface area contributed by atoms with E-state index in [4.69, 9.17) is 5.73 Å². The molecule has 1 atom stereocenters. The van der Waals surface area contributed by atoms with Crippen LogP contribution in [-0.4, -0.2) is 23.9 Å². The van der Waals surface area contributed by atoms with Gasteiger partial charge in [-0.05, 0) is 29.7 Å². The van der Waals surface area contributed by atoms with Gasteiger partial charge in [0.15, 0.2) is 0 Å². The summed E-state index contributed by atoms with van der Waals surface area (Å²) in [5.41, 5.74) is 7.85. The number of hydrogen-bond acceptors (Lipinski definition) is 2. The molecule has 0 aromatic heterocycles. The Labute approximate surface area is 135 Å². The lowest BCUT2D eigenvalue weighted by molar-refractivity contribution is -0.136. The summed E-state index contributed by atoms with van der Waals surface area (Å²) in [6.07, 6.45) is 1.27. The molecule has 0 bridgehead atoms. The Hall–Kier alpha value is -2.20. The number of carbonyl (C=O) groups excluding carboxylic acids is 1. The fraction of sp³-hybridized carbons (Fsp3) is 0.316. The van der Waals surface area contributed by atoms with Gasteiger partial charge in [-0.2, -0.15) is 0 Å². The molecule has 1 aliphatic rings. The maximum Gasteiger partial charge on any atom is 0.223 e. The second kappa shape index (κ2) is 6.50. The number of nitrogens with two attached hydrogens (primary N) is 1. The summed E-state index contributed by atoms with van der Waals surface area (Å²) in [5.74, 6) is -0.153. The molecule has 1 fully saturated rings. The fourth-order valence-corrected chi connectivity index (χ4v) is 3.27. The van der Waals surface area contributed by atoms with Crippen LogP contribution in [0.3, 0.4) is 0 Å². The third-order valence-electron chi connectivity index (χ3n) is 4.77. The Balaban J connectivity index is 1.74. The molecule has 1 unspecified atom stereocenters. The molecular weight excluding hydrogens is 291 g/mol. The van der Waals surface area contributed by atoms with Crippen molar-refractivity contribution in [2.75, 3.05) is 13.1 Å². The minimum Gasteiger partial charge on any atom is -0.338 e. The van der Waals surface area contributed by atoms with E-state index >= 15 is 0 Å². The monoisotopic (exact) mass is 312 g/mol. The van der Waals surface area contributed by atoms with E-state index in [0.29, 0.717) is 26.1 Å². The fourth-order valence-electron chi connectivity index (χ4n) is 3.27. The van der Waals surface area contributed by atoms with Gasteiger partial charge in [0.25, 0.3) is 0 Å². The lowest BCUT2D eigenvalue weighted by Gasteiger charge is -2.41. The van der Waals surface area contributed by atoms with Crippen molar-refractivity contribution in [2.45, 2.75) is 24.8 Å². The van der Waals surface area contributed by atoms with Crippen LogP contribution >= 0.6 is 0 Å². The van der Waals surface area contributed by atoms with Gasteiger partial charge in [-0.1, -0.05) is 42.5 Å². The van der Waals surface area contributed by atoms with Gasteiger partial charge < -0.3 is 10.6 Å². The van der Waals surface area contributed by atoms with Gasteiger partial charge in [-0.15, -0.1) is 0 Å². The van der Waals surface area contributed by atoms with Crippen LogP contribution in [0.25, 0.3) is 0 Å². The number of hydrogen-bond donors (Lipinski definition) is 1. The molecule has 0 aliphatic carbocycles. The zero-order valence-corrected chi connectivity index (χ0v) is 13.0. The Morgan fingerprint density at radius 3 is 2.39 bits per heavy atom. The van der Waals surface area contributed by atoms with Gasteiger partial charge in [0.2, 0.25) is 5.91 Å². The van der Waals surface area contributed by atoms with Crippen molar-refractivity contribution in [2.24, 2.45) is 5.73 Å². The molecule has 120 valence electrons. The first-order chi connectivity index (χ1) is 11.1. The van der Waals surface area contributed by atoms with E-state index in [1.807, 2.05) is 23.1 Å². The predicted molar refractivity (Wildman–Crippen MR) is 88.2 cm³/mol. The highest BCUT2D eigenvalue weighted by molar-refractivity contribution is 5.79. The molecule has 0 spiro atoms. The van der Waals surface area contributed by atoms with Gasteiger partial charge in [0.05, 0.1) is 0 Å². The molecule has 2 aromatic rings. The van der Waals surface area contributed by atoms with Gasteiger partial charge in [0.1, 0.15) is 5.82 Å². The maximum atomic E-state index is 13.0. The Morgan fingerprint density at radius 1 is 1.09 bits per heavy atom. The largest absolute Gasteiger partial charge is 0.338 e. The second-order valence-corrected chi connectivity index (χ2v) is 6.22. The summed E-state index contributed by atoms with van der Waals surface area (Å²) in [7, 11) is 0. The van der Waals surface area contributed by atoms with Crippen molar-refractivity contribution in [3.63, 3.8) is 0 Å². The Morgan fingerprint density at radius 2 is 1.78 bits per heavy atom. The summed E-state index contributed by atoms with van der Waals surface area (Å²) < 4.78 is 13.0. The second-order valence-electron chi connectivity index (χ2n) is 6.22. The van der Waals surface area contributed by atoms with Gasteiger partial charge >= 0.3 is 0 Å². The Kier molecular flexibility index (Phi) is 4.44. The van der Waals surface area contributed by atoms with E-state index in [0.717, 1.165) is 17.5 Å². The molecule has 3 rings (SSSR count). The van der Waals surface area contributed by atoms with Crippen molar-refractivity contribution in [3.8, 4) is 0 Å². The van der Waals surface area contributed by atoms with Crippen LogP contribution in [0.4, 0.5) is 4.39 Å². The highest BCUT2D eigenvalue weighted by Gasteiger charge is 2.39. The lowest BCUT2D eigenvalue weighted by atomic mass is 9.72. The van der Waals surface area contributed by atoms with Crippen molar-refractivity contribution in [3.05, 3.63) is 71.5 Å². The zero-order chi connectivity index (χ0) is 16.3. The molecule has 2 N–H and O–H groups in total. The number of benzene rings is 2. The normalized spacial score (nSPS) is 21.5. The number of halogens is 1. The van der Waals surface area contributed by atoms with Crippen LogP contribution < -0.4 is 5.73 Å². The third kappa shape index (κ3) is 3.27. The third-order valence-corrected chi connectivity index (χ3v) is 4.77. The topological polar surface area (TPSA) is 46.3 Å². The first-order valence-electron chi connectivity index (χ1n) is 7.91. The lowest BCUT2D eigenvalue weighted by Crippen LogP contribution is -2.49. The zero-order valence-electron chi connectivity index (χ0n) is 13.0. The molecule has 23 heavy (non-hydrogen) atoms. The van der Waals surface area contributed by atoms with Crippen LogP contribution in [0.15, 0.2) is 54.6 Å². The van der Waals surface area contributed by atoms with Crippen LogP contribution in [0.1, 0.15) is 24.0 Å². The van der Waals surface area contributed by atoms with Crippen LogP contribution in [0.5, 0.6) is 0 Å². The van der Waals surface area contributed by atoms with Gasteiger partial charge in [0, 0.05) is 31.5 Å². The minimum atomic E-state index is -0.266. The van der Waals surface area contributed by atoms with Crippen molar-refractivity contribution < 1.29 is 9.18 Å². The summed E-state index contributed by atoms with van der Waals surface area (Å²) >= 11 is 0. The van der Waals surface area contributed by atoms with Crippen molar-refractivity contribution in [1.82, 2.24) is 4.90 Å². The van der Waals surface area contributed by atoms with Gasteiger partial charge in [-0.25, -0.2) is 4.39 Å². The van der Waals surface area contributed by atoms with Crippen LogP contribution in [0, 0.1) is 5.82 Å². The van der Waals surface area contributed by atoms with Crippen molar-refractivity contribution >= 4 is 5.91 Å². The number of likely N-dealkylation sites (tertiary alicyclic amines) is 1. The van der Waals surface area contributed by atoms with E-state index in [9.17, 15) is 9.18 Å². The highest BCUT2D eigenvalue weighted by atomic mass is 19.1. The molecule has 1 amide bonds. The number of rotatable bonds is 4. The van der Waals surface area contributed by atoms with Crippen molar-refractivity contribution in [1.29, 1.82) is 0 Å².